The number of aromatic nitrogens is 1. The molecule has 2 atom stereocenters. The molecule has 6 heteroatoms. The Morgan fingerprint density at radius 2 is 1.88 bits per heavy atom. The molecule has 1 fully saturated rings. The average Bonchev–Trinajstić information content (AvgIpc) is 2.80. The maximum Gasteiger partial charge on any atom is 0.233 e. The van der Waals surface area contributed by atoms with Gasteiger partial charge >= 0.3 is 0 Å². The summed E-state index contributed by atoms with van der Waals surface area (Å²) in [5, 5.41) is 2.73. The zero-order valence-corrected chi connectivity index (χ0v) is 13.7. The average molecular weight is 327 g/mol. The molecule has 0 aromatic carbocycles. The molecule has 0 spiro atoms. The highest BCUT2D eigenvalue weighted by atomic mass is 16.2. The van der Waals surface area contributed by atoms with Gasteiger partial charge in [-0.15, -0.1) is 0 Å². The normalized spacial score (nSPS) is 22.6. The number of allylic oxidation sites excluding steroid dienone is 2. The van der Waals surface area contributed by atoms with E-state index in [-0.39, 0.29) is 36.0 Å². The van der Waals surface area contributed by atoms with Gasteiger partial charge in [0.05, 0.1) is 11.8 Å². The lowest BCUT2D eigenvalue weighted by atomic mass is 9.85. The molecule has 2 heterocycles. The Morgan fingerprint density at radius 1 is 1.21 bits per heavy atom. The molecule has 3 amide bonds. The predicted octanol–water partition coefficient (Wildman–Crippen LogP) is 2.06. The number of nitrogens with zero attached hydrogens (tertiary/aromatic N) is 2. The number of aryl methyl sites for hydroxylation is 1. The molecule has 1 aromatic rings. The summed E-state index contributed by atoms with van der Waals surface area (Å²) in [6.45, 7) is 2.16. The van der Waals surface area contributed by atoms with Crippen LogP contribution in [0.2, 0.25) is 0 Å². The number of hydrogen-bond donors (Lipinski definition) is 1. The van der Waals surface area contributed by atoms with Crippen LogP contribution in [0.15, 0.2) is 30.4 Å². The maximum atomic E-state index is 12.3. The molecule has 1 aliphatic heterocycles. The van der Waals surface area contributed by atoms with Crippen LogP contribution in [0, 0.1) is 18.8 Å². The number of amides is 3. The van der Waals surface area contributed by atoms with Crippen LogP contribution in [0.3, 0.4) is 0 Å². The number of rotatable bonds is 5. The molecule has 3 rings (SSSR count). The van der Waals surface area contributed by atoms with Crippen LogP contribution in [0.5, 0.6) is 0 Å². The number of nitrogens with one attached hydrogen (secondary N) is 1. The first-order valence-electron chi connectivity index (χ1n) is 8.30. The molecule has 6 nitrogen and oxygen atoms in total. The first-order valence-corrected chi connectivity index (χ1v) is 8.30. The van der Waals surface area contributed by atoms with Crippen molar-refractivity contribution in [2.45, 2.75) is 32.6 Å². The van der Waals surface area contributed by atoms with E-state index >= 15 is 0 Å². The minimum absolute atomic E-state index is 0.0879. The summed E-state index contributed by atoms with van der Waals surface area (Å²) in [6, 6.07) is 5.42. The van der Waals surface area contributed by atoms with Gasteiger partial charge in [-0.3, -0.25) is 19.3 Å². The van der Waals surface area contributed by atoms with E-state index in [4.69, 9.17) is 0 Å². The van der Waals surface area contributed by atoms with Gasteiger partial charge in [-0.2, -0.15) is 0 Å². The van der Waals surface area contributed by atoms with Crippen LogP contribution in [0.1, 0.15) is 31.4 Å². The minimum atomic E-state index is -0.201. The number of imide groups is 1. The van der Waals surface area contributed by atoms with E-state index < -0.39 is 0 Å². The van der Waals surface area contributed by atoms with E-state index in [1.54, 1.807) is 6.07 Å². The topological polar surface area (TPSA) is 79.4 Å². The van der Waals surface area contributed by atoms with E-state index in [1.165, 1.54) is 4.90 Å². The Morgan fingerprint density at radius 3 is 2.50 bits per heavy atom. The lowest BCUT2D eigenvalue weighted by molar-refractivity contribution is -0.140. The summed E-state index contributed by atoms with van der Waals surface area (Å²) < 4.78 is 0. The standard InChI is InChI=1S/C18H21N3O3/c1-12-6-4-9-15(19-12)20-16(22)10-5-11-21-17(23)13-7-2-3-8-14(13)18(21)24/h2-4,6,9,13-14H,5,7-8,10-11H2,1H3,(H,19,20,22)/t13-,14-/m0/s1. The summed E-state index contributed by atoms with van der Waals surface area (Å²) in [5.74, 6) is -0.220. The molecule has 1 saturated heterocycles. The van der Waals surface area contributed by atoms with Gasteiger partial charge in [-0.05, 0) is 38.3 Å². The van der Waals surface area contributed by atoms with Crippen molar-refractivity contribution >= 4 is 23.5 Å². The van der Waals surface area contributed by atoms with Crippen molar-refractivity contribution in [1.82, 2.24) is 9.88 Å². The molecule has 126 valence electrons. The van der Waals surface area contributed by atoms with Gasteiger partial charge < -0.3 is 5.32 Å². The summed E-state index contributed by atoms with van der Waals surface area (Å²) in [5.41, 5.74) is 0.831. The first-order chi connectivity index (χ1) is 11.6. The third kappa shape index (κ3) is 3.37. The highest BCUT2D eigenvalue weighted by molar-refractivity contribution is 6.05. The van der Waals surface area contributed by atoms with Gasteiger partial charge in [-0.25, -0.2) is 4.98 Å². The quantitative estimate of drug-likeness (QED) is 0.663. The van der Waals surface area contributed by atoms with E-state index in [2.05, 4.69) is 10.3 Å². The van der Waals surface area contributed by atoms with Crippen LogP contribution in [0.4, 0.5) is 5.82 Å². The molecule has 24 heavy (non-hydrogen) atoms. The van der Waals surface area contributed by atoms with Gasteiger partial charge in [0.15, 0.2) is 0 Å². The van der Waals surface area contributed by atoms with Crippen LogP contribution >= 0.6 is 0 Å². The van der Waals surface area contributed by atoms with Crippen molar-refractivity contribution in [2.75, 3.05) is 11.9 Å². The van der Waals surface area contributed by atoms with Gasteiger partial charge in [0.25, 0.3) is 0 Å². The Kier molecular flexibility index (Phi) is 4.74. The van der Waals surface area contributed by atoms with Crippen LogP contribution in [0.25, 0.3) is 0 Å². The van der Waals surface area contributed by atoms with Crippen molar-refractivity contribution < 1.29 is 14.4 Å². The molecule has 1 aromatic heterocycles. The largest absolute Gasteiger partial charge is 0.311 e. The summed E-state index contributed by atoms with van der Waals surface area (Å²) in [7, 11) is 0. The molecule has 0 radical (unpaired) electrons. The SMILES string of the molecule is Cc1cccc(NC(=O)CCCN2C(=O)[C@H]3CC=CC[C@@H]3C2=O)n1. The summed E-state index contributed by atoms with van der Waals surface area (Å²) in [6.07, 6.45) is 5.94. The van der Waals surface area contributed by atoms with E-state index in [1.807, 2.05) is 31.2 Å². The number of carbonyl (C=O) groups excluding carboxylic acids is 3. The lowest BCUT2D eigenvalue weighted by Gasteiger charge is -2.14. The fourth-order valence-corrected chi connectivity index (χ4v) is 3.31. The summed E-state index contributed by atoms with van der Waals surface area (Å²) in [4.78, 5) is 42.1. The van der Waals surface area contributed by atoms with Gasteiger partial charge in [-0.1, -0.05) is 18.2 Å². The van der Waals surface area contributed by atoms with Crippen molar-refractivity contribution in [3.63, 3.8) is 0 Å². The highest BCUT2D eigenvalue weighted by Gasteiger charge is 2.46. The second kappa shape index (κ2) is 6.95. The molecule has 1 N–H and O–H groups in total. The molecule has 0 unspecified atom stereocenters. The van der Waals surface area contributed by atoms with Gasteiger partial charge in [0, 0.05) is 18.7 Å². The molecule has 0 saturated carbocycles. The Balaban J connectivity index is 1.49. The van der Waals surface area contributed by atoms with E-state index in [9.17, 15) is 14.4 Å². The third-order valence-corrected chi connectivity index (χ3v) is 4.54. The Labute approximate surface area is 140 Å². The summed E-state index contributed by atoms with van der Waals surface area (Å²) >= 11 is 0. The number of anilines is 1. The first kappa shape index (κ1) is 16.4. The number of carbonyl (C=O) groups is 3. The zero-order valence-electron chi connectivity index (χ0n) is 13.7. The molecular weight excluding hydrogens is 306 g/mol. The molecular formula is C18H21N3O3. The van der Waals surface area contributed by atoms with Crippen molar-refractivity contribution in [2.24, 2.45) is 11.8 Å². The van der Waals surface area contributed by atoms with Gasteiger partial charge in [0.1, 0.15) is 5.82 Å². The highest BCUT2D eigenvalue weighted by Crippen LogP contribution is 2.35. The maximum absolute atomic E-state index is 12.3. The third-order valence-electron chi connectivity index (χ3n) is 4.54. The second-order valence-corrected chi connectivity index (χ2v) is 6.30. The minimum Gasteiger partial charge on any atom is -0.311 e. The lowest BCUT2D eigenvalue weighted by Crippen LogP contribution is -2.32. The number of fused-ring (bicyclic) bond motifs is 1. The number of hydrogen-bond acceptors (Lipinski definition) is 4. The van der Waals surface area contributed by atoms with Crippen LogP contribution in [-0.4, -0.2) is 34.2 Å². The molecule has 2 aliphatic rings. The van der Waals surface area contributed by atoms with Crippen molar-refractivity contribution in [1.29, 1.82) is 0 Å². The fourth-order valence-electron chi connectivity index (χ4n) is 3.31. The molecule has 0 bridgehead atoms. The van der Waals surface area contributed by atoms with E-state index in [0.717, 1.165) is 5.69 Å². The van der Waals surface area contributed by atoms with Gasteiger partial charge in [0.2, 0.25) is 17.7 Å². The Hall–Kier alpha value is -2.50. The van der Waals surface area contributed by atoms with E-state index in [0.29, 0.717) is 31.6 Å². The van der Waals surface area contributed by atoms with Crippen LogP contribution in [-0.2, 0) is 14.4 Å². The van der Waals surface area contributed by atoms with Crippen LogP contribution < -0.4 is 5.32 Å². The number of pyridine rings is 1. The smallest absolute Gasteiger partial charge is 0.233 e. The number of likely N-dealkylation sites (tertiary alicyclic amines) is 1. The monoisotopic (exact) mass is 327 g/mol. The van der Waals surface area contributed by atoms with Crippen molar-refractivity contribution in [3.8, 4) is 0 Å². The second-order valence-electron chi connectivity index (χ2n) is 6.30. The van der Waals surface area contributed by atoms with Crippen molar-refractivity contribution in [3.05, 3.63) is 36.0 Å². The predicted molar refractivity (Wildman–Crippen MR) is 88.9 cm³/mol. The molecule has 1 aliphatic carbocycles. The Bertz CT molecular complexity index is 673. The zero-order chi connectivity index (χ0) is 17.1. The fraction of sp³-hybridized carbons (Fsp3) is 0.444.